The molecule has 0 bridgehead atoms. The second kappa shape index (κ2) is 12.3. The van der Waals surface area contributed by atoms with E-state index < -0.39 is 0 Å². The van der Waals surface area contributed by atoms with E-state index in [1.165, 1.54) is 32.1 Å². The number of rotatable bonds is 12. The molecule has 0 unspecified atom stereocenters. The minimum absolute atomic E-state index is 0.274. The summed E-state index contributed by atoms with van der Waals surface area (Å²) in [6.45, 7) is 3.32. The predicted molar refractivity (Wildman–Crippen MR) is 87.3 cm³/mol. The molecule has 118 valence electrons. The topological polar surface area (TPSA) is 27.7 Å². The van der Waals surface area contributed by atoms with Crippen molar-refractivity contribution in [2.75, 3.05) is 20.5 Å². The Morgan fingerprint density at radius 3 is 2.38 bits per heavy atom. The molecule has 0 fully saturated rings. The molecule has 0 aliphatic heterocycles. The van der Waals surface area contributed by atoms with Gasteiger partial charge >= 0.3 is 0 Å². The van der Waals surface area contributed by atoms with Crippen LogP contribution >= 0.6 is 0 Å². The highest BCUT2D eigenvalue weighted by Gasteiger charge is 1.95. The molecule has 0 heterocycles. The van der Waals surface area contributed by atoms with E-state index in [-0.39, 0.29) is 6.79 Å². The van der Waals surface area contributed by atoms with E-state index in [1.54, 1.807) is 13.4 Å². The van der Waals surface area contributed by atoms with Crippen molar-refractivity contribution in [3.63, 3.8) is 0 Å². The lowest BCUT2D eigenvalue weighted by Gasteiger charge is -2.06. The molecule has 0 N–H and O–H groups in total. The number of hydrogen-bond acceptors (Lipinski definition) is 3. The van der Waals surface area contributed by atoms with Crippen molar-refractivity contribution < 1.29 is 14.2 Å². The van der Waals surface area contributed by atoms with Gasteiger partial charge in [0.2, 0.25) is 0 Å². The normalized spacial score (nSPS) is 11.0. The van der Waals surface area contributed by atoms with Crippen LogP contribution in [-0.2, 0) is 9.47 Å². The number of benzene rings is 1. The first kappa shape index (κ1) is 17.6. The number of methoxy groups -OCH3 is 1. The van der Waals surface area contributed by atoms with Crippen molar-refractivity contribution in [1.82, 2.24) is 0 Å². The zero-order valence-corrected chi connectivity index (χ0v) is 13.3. The quantitative estimate of drug-likeness (QED) is 0.308. The van der Waals surface area contributed by atoms with Gasteiger partial charge in [0.1, 0.15) is 5.75 Å². The minimum atomic E-state index is 0.274. The smallest absolute Gasteiger partial charge is 0.187 e. The summed E-state index contributed by atoms with van der Waals surface area (Å²) in [6.07, 6.45) is 11.3. The summed E-state index contributed by atoms with van der Waals surface area (Å²) in [5.41, 5.74) is 1.08. The fourth-order valence-corrected chi connectivity index (χ4v) is 1.98. The van der Waals surface area contributed by atoms with E-state index >= 15 is 0 Å². The van der Waals surface area contributed by atoms with Gasteiger partial charge in [0.05, 0.1) is 12.9 Å². The highest BCUT2D eigenvalue weighted by molar-refractivity contribution is 5.49. The lowest BCUT2D eigenvalue weighted by Crippen LogP contribution is -1.97. The van der Waals surface area contributed by atoms with Gasteiger partial charge < -0.3 is 14.2 Å². The average molecular weight is 292 g/mol. The highest BCUT2D eigenvalue weighted by atomic mass is 16.7. The van der Waals surface area contributed by atoms with Crippen molar-refractivity contribution >= 4 is 6.08 Å². The van der Waals surface area contributed by atoms with Crippen LogP contribution < -0.4 is 4.74 Å². The lowest BCUT2D eigenvalue weighted by atomic mass is 10.1. The summed E-state index contributed by atoms with van der Waals surface area (Å²) < 4.78 is 15.6. The molecule has 0 saturated carbocycles. The third-order valence-electron chi connectivity index (χ3n) is 3.19. The van der Waals surface area contributed by atoms with E-state index in [0.717, 1.165) is 24.3 Å². The number of ether oxygens (including phenoxy) is 3. The SMILES string of the molecule is CCCCCCCCOc1ccc(/C=C/OCOC)cc1. The van der Waals surface area contributed by atoms with Crippen LogP contribution in [0.5, 0.6) is 5.75 Å². The van der Waals surface area contributed by atoms with Crippen molar-refractivity contribution in [2.45, 2.75) is 45.4 Å². The Hall–Kier alpha value is -1.48. The lowest BCUT2D eigenvalue weighted by molar-refractivity contribution is 0.0208. The molecule has 0 spiro atoms. The van der Waals surface area contributed by atoms with Gasteiger partial charge in [-0.15, -0.1) is 0 Å². The number of hydrogen-bond donors (Lipinski definition) is 0. The summed E-state index contributed by atoms with van der Waals surface area (Å²) in [6, 6.07) is 8.02. The summed E-state index contributed by atoms with van der Waals surface area (Å²) in [5.74, 6) is 0.929. The van der Waals surface area contributed by atoms with E-state index in [1.807, 2.05) is 30.3 Å². The van der Waals surface area contributed by atoms with Gasteiger partial charge in [-0.2, -0.15) is 0 Å². The maximum atomic E-state index is 5.74. The molecular formula is C18H28O3. The van der Waals surface area contributed by atoms with E-state index in [9.17, 15) is 0 Å². The second-order valence-corrected chi connectivity index (χ2v) is 5.06. The van der Waals surface area contributed by atoms with Crippen molar-refractivity contribution in [2.24, 2.45) is 0 Å². The van der Waals surface area contributed by atoms with E-state index in [0.29, 0.717) is 0 Å². The first-order chi connectivity index (χ1) is 10.4. The molecule has 3 nitrogen and oxygen atoms in total. The Labute approximate surface area is 128 Å². The van der Waals surface area contributed by atoms with Crippen LogP contribution in [0.15, 0.2) is 30.5 Å². The Balaban J connectivity index is 2.14. The zero-order chi connectivity index (χ0) is 15.2. The van der Waals surface area contributed by atoms with Gasteiger partial charge in [-0.1, -0.05) is 51.2 Å². The summed E-state index contributed by atoms with van der Waals surface area (Å²) in [5, 5.41) is 0. The van der Waals surface area contributed by atoms with Gasteiger partial charge in [-0.3, -0.25) is 0 Å². The fraction of sp³-hybridized carbons (Fsp3) is 0.556. The third-order valence-corrected chi connectivity index (χ3v) is 3.19. The fourth-order valence-electron chi connectivity index (χ4n) is 1.98. The molecule has 0 aliphatic carbocycles. The molecule has 0 atom stereocenters. The molecule has 0 aromatic heterocycles. The van der Waals surface area contributed by atoms with Gasteiger partial charge in [0.15, 0.2) is 6.79 Å². The van der Waals surface area contributed by atoms with Gasteiger partial charge in [-0.25, -0.2) is 0 Å². The Morgan fingerprint density at radius 1 is 0.952 bits per heavy atom. The standard InChI is InChI=1S/C18H28O3/c1-3-4-5-6-7-8-14-21-18-11-9-17(10-12-18)13-15-20-16-19-2/h9-13,15H,3-8,14,16H2,1-2H3/b15-13+. The summed E-state index contributed by atoms with van der Waals surface area (Å²) >= 11 is 0. The minimum Gasteiger partial charge on any atom is -0.494 e. The van der Waals surface area contributed by atoms with Crippen LogP contribution in [-0.4, -0.2) is 20.5 Å². The molecule has 1 rings (SSSR count). The molecule has 0 amide bonds. The maximum Gasteiger partial charge on any atom is 0.187 e. The molecule has 0 saturated heterocycles. The van der Waals surface area contributed by atoms with Crippen LogP contribution in [0.1, 0.15) is 51.0 Å². The Kier molecular flexibility index (Phi) is 10.3. The summed E-state index contributed by atoms with van der Waals surface area (Å²) in [4.78, 5) is 0. The maximum absolute atomic E-state index is 5.74. The Morgan fingerprint density at radius 2 is 1.67 bits per heavy atom. The highest BCUT2D eigenvalue weighted by Crippen LogP contribution is 2.14. The van der Waals surface area contributed by atoms with Crippen molar-refractivity contribution in [3.8, 4) is 5.75 Å². The van der Waals surface area contributed by atoms with Crippen molar-refractivity contribution in [1.29, 1.82) is 0 Å². The van der Waals surface area contributed by atoms with Gasteiger partial charge in [0, 0.05) is 7.11 Å². The summed E-state index contributed by atoms with van der Waals surface area (Å²) in [7, 11) is 1.60. The third kappa shape index (κ3) is 9.14. The second-order valence-electron chi connectivity index (χ2n) is 5.06. The molecule has 1 aromatic carbocycles. The van der Waals surface area contributed by atoms with Crippen LogP contribution in [0.25, 0.3) is 6.08 Å². The van der Waals surface area contributed by atoms with Crippen LogP contribution in [0, 0.1) is 0 Å². The van der Waals surface area contributed by atoms with Gasteiger partial charge in [0.25, 0.3) is 0 Å². The largest absolute Gasteiger partial charge is 0.494 e. The van der Waals surface area contributed by atoms with Crippen molar-refractivity contribution in [3.05, 3.63) is 36.1 Å². The predicted octanol–water partition coefficient (Wildman–Crippen LogP) is 5.02. The monoisotopic (exact) mass is 292 g/mol. The first-order valence-corrected chi connectivity index (χ1v) is 7.86. The van der Waals surface area contributed by atoms with Gasteiger partial charge in [-0.05, 0) is 30.2 Å². The van der Waals surface area contributed by atoms with E-state index in [4.69, 9.17) is 14.2 Å². The molecular weight excluding hydrogens is 264 g/mol. The molecule has 0 radical (unpaired) electrons. The molecule has 0 aliphatic rings. The number of unbranched alkanes of at least 4 members (excludes halogenated alkanes) is 5. The van der Waals surface area contributed by atoms with Crippen LogP contribution in [0.2, 0.25) is 0 Å². The average Bonchev–Trinajstić information content (AvgIpc) is 2.52. The first-order valence-electron chi connectivity index (χ1n) is 7.86. The van der Waals surface area contributed by atoms with E-state index in [2.05, 4.69) is 6.92 Å². The zero-order valence-electron chi connectivity index (χ0n) is 13.3. The Bertz CT molecular complexity index is 371. The molecule has 3 heteroatoms. The molecule has 21 heavy (non-hydrogen) atoms. The van der Waals surface area contributed by atoms with Crippen LogP contribution in [0.4, 0.5) is 0 Å². The molecule has 1 aromatic rings. The van der Waals surface area contributed by atoms with Crippen LogP contribution in [0.3, 0.4) is 0 Å².